The van der Waals surface area contributed by atoms with Gasteiger partial charge in [-0.25, -0.2) is 5.43 Å². The third kappa shape index (κ3) is 6.45. The molecule has 0 spiro atoms. The summed E-state index contributed by atoms with van der Waals surface area (Å²) in [6.45, 7) is 2.04. The molecule has 0 saturated carbocycles. The maximum Gasteiger partial charge on any atom is 0.250 e. The van der Waals surface area contributed by atoms with Gasteiger partial charge in [0.1, 0.15) is 5.75 Å². The quantitative estimate of drug-likeness (QED) is 0.202. The molecular formula is C27H25N5O2S. The van der Waals surface area contributed by atoms with Crippen molar-refractivity contribution >= 4 is 30.0 Å². The molecule has 1 N–H and O–H groups in total. The van der Waals surface area contributed by atoms with Gasteiger partial charge in [0, 0.05) is 17.5 Å². The van der Waals surface area contributed by atoms with E-state index in [1.54, 1.807) is 19.4 Å². The lowest BCUT2D eigenvalue weighted by atomic mass is 10.1. The molecule has 7 nitrogen and oxygen atoms in total. The minimum absolute atomic E-state index is 0.141. The second kappa shape index (κ2) is 11.8. The van der Waals surface area contributed by atoms with E-state index >= 15 is 0 Å². The van der Waals surface area contributed by atoms with Crippen LogP contribution in [0.25, 0.3) is 23.2 Å². The molecule has 0 aliphatic heterocycles. The van der Waals surface area contributed by atoms with Crippen molar-refractivity contribution in [3.8, 4) is 22.8 Å². The summed E-state index contributed by atoms with van der Waals surface area (Å²) in [6.07, 6.45) is 5.23. The van der Waals surface area contributed by atoms with Crippen LogP contribution in [0.1, 0.15) is 11.1 Å². The molecule has 0 aliphatic carbocycles. The highest BCUT2D eigenvalue weighted by molar-refractivity contribution is 7.99. The number of hydrogen-bond acceptors (Lipinski definition) is 6. The van der Waals surface area contributed by atoms with Crippen molar-refractivity contribution < 1.29 is 9.53 Å². The first kappa shape index (κ1) is 24.0. The van der Waals surface area contributed by atoms with E-state index in [0.29, 0.717) is 11.0 Å². The lowest BCUT2D eigenvalue weighted by Gasteiger charge is -2.11. The summed E-state index contributed by atoms with van der Waals surface area (Å²) in [7, 11) is 1.63. The average Bonchev–Trinajstić information content (AvgIpc) is 3.32. The molecule has 4 aromatic rings. The van der Waals surface area contributed by atoms with Crippen molar-refractivity contribution in [2.75, 3.05) is 12.9 Å². The van der Waals surface area contributed by atoms with Crippen molar-refractivity contribution in [2.24, 2.45) is 5.10 Å². The zero-order valence-electron chi connectivity index (χ0n) is 19.5. The van der Waals surface area contributed by atoms with Crippen LogP contribution in [0.3, 0.4) is 0 Å². The minimum Gasteiger partial charge on any atom is -0.497 e. The molecule has 0 bridgehead atoms. The van der Waals surface area contributed by atoms with Gasteiger partial charge < -0.3 is 4.74 Å². The van der Waals surface area contributed by atoms with E-state index in [1.165, 1.54) is 11.8 Å². The number of rotatable bonds is 9. The summed E-state index contributed by atoms with van der Waals surface area (Å²) in [6, 6.07) is 25.6. The van der Waals surface area contributed by atoms with Crippen molar-refractivity contribution in [3.63, 3.8) is 0 Å². The summed E-state index contributed by atoms with van der Waals surface area (Å²) in [5, 5.41) is 13.4. The van der Waals surface area contributed by atoms with E-state index in [2.05, 4.69) is 20.7 Å². The number of thioether (sulfide) groups is 1. The number of carbonyl (C=O) groups is 1. The Bertz CT molecular complexity index is 1310. The van der Waals surface area contributed by atoms with E-state index in [4.69, 9.17) is 4.74 Å². The number of nitrogens with one attached hydrogen (secondary N) is 1. The normalized spacial score (nSPS) is 11.3. The van der Waals surface area contributed by atoms with Crippen LogP contribution in [0.15, 0.2) is 95.2 Å². The van der Waals surface area contributed by atoms with Crippen molar-refractivity contribution in [3.05, 3.63) is 96.1 Å². The predicted molar refractivity (Wildman–Crippen MR) is 141 cm³/mol. The number of carbonyl (C=O) groups excluding carboxylic acids is 1. The van der Waals surface area contributed by atoms with Crippen LogP contribution < -0.4 is 10.2 Å². The Morgan fingerprint density at radius 2 is 1.77 bits per heavy atom. The van der Waals surface area contributed by atoms with Crippen LogP contribution in [0.5, 0.6) is 5.75 Å². The Balaban J connectivity index is 1.46. The maximum absolute atomic E-state index is 12.4. The van der Waals surface area contributed by atoms with Gasteiger partial charge in [-0.15, -0.1) is 10.2 Å². The molecule has 1 heterocycles. The van der Waals surface area contributed by atoms with E-state index in [9.17, 15) is 4.79 Å². The highest BCUT2D eigenvalue weighted by Crippen LogP contribution is 2.29. The van der Waals surface area contributed by atoms with Gasteiger partial charge in [-0.3, -0.25) is 9.36 Å². The second-order valence-corrected chi connectivity index (χ2v) is 8.52. The van der Waals surface area contributed by atoms with Gasteiger partial charge in [-0.2, -0.15) is 5.10 Å². The largest absolute Gasteiger partial charge is 0.497 e. The molecule has 0 saturated heterocycles. The summed E-state index contributed by atoms with van der Waals surface area (Å²) < 4.78 is 7.23. The van der Waals surface area contributed by atoms with Crippen molar-refractivity contribution in [2.45, 2.75) is 12.1 Å². The molecule has 35 heavy (non-hydrogen) atoms. The van der Waals surface area contributed by atoms with E-state index in [0.717, 1.165) is 28.1 Å². The summed E-state index contributed by atoms with van der Waals surface area (Å²) in [5.41, 5.74) is 6.57. The first-order chi connectivity index (χ1) is 17.1. The van der Waals surface area contributed by atoms with Crippen LogP contribution >= 0.6 is 11.8 Å². The number of aromatic nitrogens is 3. The van der Waals surface area contributed by atoms with Crippen molar-refractivity contribution in [1.82, 2.24) is 20.2 Å². The first-order valence-corrected chi connectivity index (χ1v) is 12.0. The minimum atomic E-state index is -0.236. The van der Waals surface area contributed by atoms with E-state index in [-0.39, 0.29) is 11.7 Å². The third-order valence-corrected chi connectivity index (χ3v) is 5.97. The number of ether oxygens (including phenoxy) is 1. The van der Waals surface area contributed by atoms with Gasteiger partial charge in [-0.05, 0) is 42.8 Å². The number of benzene rings is 3. The van der Waals surface area contributed by atoms with Crippen LogP contribution in [-0.4, -0.2) is 39.7 Å². The molecule has 4 rings (SSSR count). The molecule has 176 valence electrons. The lowest BCUT2D eigenvalue weighted by Crippen LogP contribution is -2.19. The molecule has 3 aromatic carbocycles. The van der Waals surface area contributed by atoms with Gasteiger partial charge in [0.25, 0.3) is 5.91 Å². The molecule has 1 aromatic heterocycles. The Morgan fingerprint density at radius 1 is 1.03 bits per heavy atom. The smallest absolute Gasteiger partial charge is 0.250 e. The lowest BCUT2D eigenvalue weighted by molar-refractivity contribution is -0.118. The molecule has 1 amide bonds. The monoisotopic (exact) mass is 483 g/mol. The second-order valence-electron chi connectivity index (χ2n) is 7.58. The van der Waals surface area contributed by atoms with Crippen LogP contribution in [-0.2, 0) is 4.79 Å². The van der Waals surface area contributed by atoms with Gasteiger partial charge in [-0.1, -0.05) is 78.0 Å². The summed E-state index contributed by atoms with van der Waals surface area (Å²) >= 11 is 1.29. The maximum atomic E-state index is 12.4. The highest BCUT2D eigenvalue weighted by atomic mass is 32.2. The van der Waals surface area contributed by atoms with E-state index in [1.807, 2.05) is 96.4 Å². The van der Waals surface area contributed by atoms with Gasteiger partial charge in [0.2, 0.25) is 0 Å². The molecular weight excluding hydrogens is 458 g/mol. The molecule has 0 fully saturated rings. The van der Waals surface area contributed by atoms with Crippen LogP contribution in [0.2, 0.25) is 0 Å². The number of hydrogen-bond donors (Lipinski definition) is 1. The Kier molecular flexibility index (Phi) is 8.08. The Morgan fingerprint density at radius 3 is 2.49 bits per heavy atom. The fraction of sp³-hybridized carbons (Fsp3) is 0.111. The average molecular weight is 484 g/mol. The van der Waals surface area contributed by atoms with Crippen LogP contribution in [0.4, 0.5) is 0 Å². The zero-order valence-corrected chi connectivity index (χ0v) is 20.3. The Labute approximate surface area is 208 Å². The number of hydrazone groups is 1. The molecule has 0 radical (unpaired) electrons. The highest BCUT2D eigenvalue weighted by Gasteiger charge is 2.17. The number of amides is 1. The third-order valence-electron chi connectivity index (χ3n) is 5.04. The summed E-state index contributed by atoms with van der Waals surface area (Å²) in [5.74, 6) is 1.36. The van der Waals surface area contributed by atoms with Gasteiger partial charge in [0.05, 0.1) is 12.9 Å². The van der Waals surface area contributed by atoms with Gasteiger partial charge >= 0.3 is 0 Å². The molecule has 0 aliphatic rings. The van der Waals surface area contributed by atoms with Crippen molar-refractivity contribution in [1.29, 1.82) is 0 Å². The topological polar surface area (TPSA) is 81.4 Å². The SMILES string of the molecule is COc1ccc(-n2c(SCC(=O)N/N=C/C=C/c3ccccc3)nnc2-c2ccc(C)cc2)cc1. The Hall–Kier alpha value is -4.17. The predicted octanol–water partition coefficient (Wildman–Crippen LogP) is 5.16. The molecule has 0 atom stereocenters. The standard InChI is InChI=1S/C27H25N5O2S/c1-20-10-12-22(13-11-20)26-30-31-27(32(26)23-14-16-24(34-2)17-15-23)35-19-25(33)29-28-18-6-9-21-7-4-3-5-8-21/h3-18H,19H2,1-2H3,(H,29,33)/b9-6+,28-18+. The fourth-order valence-corrected chi connectivity index (χ4v) is 3.99. The van der Waals surface area contributed by atoms with Crippen LogP contribution in [0, 0.1) is 6.92 Å². The van der Waals surface area contributed by atoms with Gasteiger partial charge in [0.15, 0.2) is 11.0 Å². The fourth-order valence-electron chi connectivity index (χ4n) is 3.25. The number of allylic oxidation sites excluding steroid dienone is 1. The number of nitrogens with zero attached hydrogens (tertiary/aromatic N) is 4. The number of aryl methyl sites for hydroxylation is 1. The molecule has 0 unspecified atom stereocenters. The summed E-state index contributed by atoms with van der Waals surface area (Å²) in [4.78, 5) is 12.4. The molecule has 8 heteroatoms. The zero-order chi connectivity index (χ0) is 24.5. The number of methoxy groups -OCH3 is 1. The van der Waals surface area contributed by atoms with E-state index < -0.39 is 0 Å². The first-order valence-electron chi connectivity index (χ1n) is 11.0.